The van der Waals surface area contributed by atoms with E-state index in [1.807, 2.05) is 12.1 Å². The normalized spacial score (nSPS) is 16.3. The van der Waals surface area contributed by atoms with Crippen molar-refractivity contribution in [1.82, 2.24) is 19.6 Å². The van der Waals surface area contributed by atoms with Crippen LogP contribution in [-0.2, 0) is 0 Å². The van der Waals surface area contributed by atoms with Gasteiger partial charge in [-0.2, -0.15) is 0 Å². The lowest BCUT2D eigenvalue weighted by atomic mass is 10.0. The van der Waals surface area contributed by atoms with Crippen molar-refractivity contribution in [3.8, 4) is 11.3 Å². The summed E-state index contributed by atoms with van der Waals surface area (Å²) in [4.78, 5) is 21.0. The number of fused-ring (bicyclic) bond motifs is 3. The van der Waals surface area contributed by atoms with Crippen LogP contribution in [0.4, 0.5) is 0 Å². The molecule has 1 fully saturated rings. The van der Waals surface area contributed by atoms with E-state index >= 15 is 0 Å². The Morgan fingerprint density at radius 1 is 1.15 bits per heavy atom. The second kappa shape index (κ2) is 10.4. The number of carbonyl (C=O) groups excluding carboxylic acids is 1. The quantitative estimate of drug-likeness (QED) is 0.215. The molecule has 0 bridgehead atoms. The highest BCUT2D eigenvalue weighted by atomic mass is 32.1. The molecule has 1 saturated heterocycles. The SMILES string of the molecule is CCN(CC)CCCCC(=O)c1ccc2c(c1)sc1nc(-c3ccc([C@@H]4CCCN4)cc3)cn12. The van der Waals surface area contributed by atoms with Gasteiger partial charge < -0.3 is 10.2 Å². The molecule has 1 N–H and O–H groups in total. The van der Waals surface area contributed by atoms with E-state index in [0.29, 0.717) is 12.5 Å². The lowest BCUT2D eigenvalue weighted by Gasteiger charge is -2.17. The van der Waals surface area contributed by atoms with Crippen molar-refractivity contribution in [3.63, 3.8) is 0 Å². The Labute approximate surface area is 205 Å². The summed E-state index contributed by atoms with van der Waals surface area (Å²) in [5.74, 6) is 0.241. The summed E-state index contributed by atoms with van der Waals surface area (Å²) < 4.78 is 3.27. The van der Waals surface area contributed by atoms with Crippen LogP contribution in [0.3, 0.4) is 0 Å². The fourth-order valence-electron chi connectivity index (χ4n) is 4.97. The molecule has 1 atom stereocenters. The standard InChI is InChI=1S/C28H34N4OS/c1-3-31(4-2)17-6-5-9-26(33)22-14-15-25-27(18-22)34-28-30-24(19-32(25)28)21-12-10-20(11-13-21)23-8-7-16-29-23/h10-15,18-19,23,29H,3-9,16-17H2,1-2H3/t23-/m0/s1. The maximum atomic E-state index is 12.8. The Morgan fingerprint density at radius 2 is 1.97 bits per heavy atom. The number of ketones is 1. The predicted octanol–water partition coefficient (Wildman–Crippen LogP) is 6.34. The van der Waals surface area contributed by atoms with Crippen molar-refractivity contribution in [1.29, 1.82) is 0 Å². The molecule has 0 amide bonds. The summed E-state index contributed by atoms with van der Waals surface area (Å²) in [6.07, 6.45) is 7.22. The zero-order valence-corrected chi connectivity index (χ0v) is 21.0. The summed E-state index contributed by atoms with van der Waals surface area (Å²) in [6.45, 7) is 8.72. The fourth-order valence-corrected chi connectivity index (χ4v) is 6.02. The Balaban J connectivity index is 1.28. The first-order valence-corrected chi connectivity index (χ1v) is 13.5. The molecule has 0 spiro atoms. The zero-order chi connectivity index (χ0) is 23.5. The van der Waals surface area contributed by atoms with Crippen LogP contribution in [0, 0.1) is 0 Å². The first kappa shape index (κ1) is 23.2. The Bertz CT molecular complexity index is 1260. The van der Waals surface area contributed by atoms with E-state index in [4.69, 9.17) is 4.98 Å². The van der Waals surface area contributed by atoms with Crippen molar-refractivity contribution >= 4 is 32.3 Å². The number of carbonyl (C=O) groups is 1. The number of Topliss-reactive ketones (excluding diaryl/α,β-unsaturated/α-hetero) is 1. The molecule has 34 heavy (non-hydrogen) atoms. The van der Waals surface area contributed by atoms with Gasteiger partial charge in [-0.15, -0.1) is 0 Å². The maximum Gasteiger partial charge on any atom is 0.195 e. The van der Waals surface area contributed by atoms with E-state index in [9.17, 15) is 4.79 Å². The van der Waals surface area contributed by atoms with Gasteiger partial charge in [-0.3, -0.25) is 9.20 Å². The molecule has 0 unspecified atom stereocenters. The van der Waals surface area contributed by atoms with E-state index < -0.39 is 0 Å². The fraction of sp³-hybridized carbons (Fsp3) is 0.429. The van der Waals surface area contributed by atoms with Crippen LogP contribution in [0.15, 0.2) is 48.7 Å². The van der Waals surface area contributed by atoms with Crippen LogP contribution in [-0.4, -0.2) is 46.2 Å². The summed E-state index contributed by atoms with van der Waals surface area (Å²) in [7, 11) is 0. The molecule has 0 radical (unpaired) electrons. The van der Waals surface area contributed by atoms with Crippen molar-refractivity contribution < 1.29 is 4.79 Å². The van der Waals surface area contributed by atoms with Gasteiger partial charge in [-0.05, 0) is 75.6 Å². The molecule has 0 saturated carbocycles. The number of hydrogen-bond acceptors (Lipinski definition) is 5. The summed E-state index contributed by atoms with van der Waals surface area (Å²) >= 11 is 1.65. The summed E-state index contributed by atoms with van der Waals surface area (Å²) in [5.41, 5.74) is 5.42. The second-order valence-electron chi connectivity index (χ2n) is 9.24. The lowest BCUT2D eigenvalue weighted by molar-refractivity contribution is 0.0978. The minimum Gasteiger partial charge on any atom is -0.310 e. The molecule has 1 aliphatic rings. The topological polar surface area (TPSA) is 49.6 Å². The number of nitrogens with zero attached hydrogens (tertiary/aromatic N) is 3. The molecular formula is C28H34N4OS. The molecule has 5 nitrogen and oxygen atoms in total. The van der Waals surface area contributed by atoms with Crippen LogP contribution < -0.4 is 5.32 Å². The van der Waals surface area contributed by atoms with Crippen LogP contribution in [0.1, 0.15) is 67.9 Å². The minimum atomic E-state index is 0.241. The largest absolute Gasteiger partial charge is 0.310 e. The van der Waals surface area contributed by atoms with Crippen molar-refractivity contribution in [2.75, 3.05) is 26.2 Å². The van der Waals surface area contributed by atoms with Gasteiger partial charge in [0.25, 0.3) is 0 Å². The molecule has 3 heterocycles. The third kappa shape index (κ3) is 4.81. The van der Waals surface area contributed by atoms with Gasteiger partial charge in [-0.1, -0.05) is 49.4 Å². The number of rotatable bonds is 10. The highest BCUT2D eigenvalue weighted by molar-refractivity contribution is 7.23. The molecule has 2 aromatic heterocycles. The van der Waals surface area contributed by atoms with Crippen LogP contribution in [0.25, 0.3) is 26.4 Å². The van der Waals surface area contributed by atoms with Gasteiger partial charge in [0.2, 0.25) is 0 Å². The monoisotopic (exact) mass is 474 g/mol. The first-order valence-electron chi connectivity index (χ1n) is 12.7. The first-order chi connectivity index (χ1) is 16.7. The second-order valence-corrected chi connectivity index (χ2v) is 10.3. The predicted molar refractivity (Wildman–Crippen MR) is 142 cm³/mol. The maximum absolute atomic E-state index is 12.8. The molecule has 1 aliphatic heterocycles. The molecular weight excluding hydrogens is 440 g/mol. The number of unbranched alkanes of at least 4 members (excludes halogenated alkanes) is 1. The molecule has 2 aromatic carbocycles. The van der Waals surface area contributed by atoms with Crippen molar-refractivity contribution in [2.24, 2.45) is 0 Å². The van der Waals surface area contributed by atoms with Gasteiger partial charge in [0.1, 0.15) is 0 Å². The van der Waals surface area contributed by atoms with Crippen molar-refractivity contribution in [3.05, 3.63) is 59.8 Å². The van der Waals surface area contributed by atoms with E-state index in [1.165, 1.54) is 18.4 Å². The zero-order valence-electron chi connectivity index (χ0n) is 20.2. The number of thiazole rings is 1. The average Bonchev–Trinajstić information content (AvgIpc) is 3.60. The Morgan fingerprint density at radius 3 is 2.71 bits per heavy atom. The van der Waals surface area contributed by atoms with Crippen LogP contribution in [0.5, 0.6) is 0 Å². The van der Waals surface area contributed by atoms with E-state index in [2.05, 4.69) is 65.0 Å². The minimum absolute atomic E-state index is 0.241. The number of hydrogen-bond donors (Lipinski definition) is 1. The number of imidazole rings is 1. The van der Waals surface area contributed by atoms with Gasteiger partial charge in [-0.25, -0.2) is 4.98 Å². The highest BCUT2D eigenvalue weighted by Gasteiger charge is 2.17. The smallest absolute Gasteiger partial charge is 0.195 e. The van der Waals surface area contributed by atoms with Crippen LogP contribution in [0.2, 0.25) is 0 Å². The van der Waals surface area contributed by atoms with Crippen LogP contribution >= 0.6 is 11.3 Å². The molecule has 6 heteroatoms. The summed E-state index contributed by atoms with van der Waals surface area (Å²) in [6, 6.07) is 15.4. The van der Waals surface area contributed by atoms with Gasteiger partial charge in [0.05, 0.1) is 15.9 Å². The van der Waals surface area contributed by atoms with E-state index in [-0.39, 0.29) is 5.78 Å². The van der Waals surface area contributed by atoms with Gasteiger partial charge >= 0.3 is 0 Å². The Kier molecular flexibility index (Phi) is 7.09. The lowest BCUT2D eigenvalue weighted by Crippen LogP contribution is -2.24. The third-order valence-corrected chi connectivity index (χ3v) is 8.13. The van der Waals surface area contributed by atoms with Gasteiger partial charge in [0, 0.05) is 29.8 Å². The molecule has 178 valence electrons. The molecule has 4 aromatic rings. The molecule has 0 aliphatic carbocycles. The molecule has 5 rings (SSSR count). The number of benzene rings is 2. The number of nitrogens with one attached hydrogen (secondary N) is 1. The van der Waals surface area contributed by atoms with E-state index in [0.717, 1.165) is 71.0 Å². The van der Waals surface area contributed by atoms with E-state index in [1.54, 1.807) is 11.3 Å². The average molecular weight is 475 g/mol. The van der Waals surface area contributed by atoms with Crippen molar-refractivity contribution in [2.45, 2.75) is 52.0 Å². The van der Waals surface area contributed by atoms with Gasteiger partial charge in [0.15, 0.2) is 10.7 Å². The highest BCUT2D eigenvalue weighted by Crippen LogP contribution is 2.31. The Hall–Kier alpha value is -2.54. The third-order valence-electron chi connectivity index (χ3n) is 7.11. The number of aromatic nitrogens is 2. The summed E-state index contributed by atoms with van der Waals surface area (Å²) in [5, 5.41) is 3.56.